The van der Waals surface area contributed by atoms with E-state index in [9.17, 15) is 14.4 Å². The average molecular weight is 355 g/mol. The maximum Gasteiger partial charge on any atom is 0.435 e. The fourth-order valence-corrected chi connectivity index (χ4v) is 2.92. The van der Waals surface area contributed by atoms with E-state index in [1.165, 1.54) is 7.11 Å². The summed E-state index contributed by atoms with van der Waals surface area (Å²) in [7, 11) is 1.32. The minimum Gasteiger partial charge on any atom is -0.467 e. The quantitative estimate of drug-likeness (QED) is 0.674. The molecule has 2 amide bonds. The first-order valence-corrected chi connectivity index (χ1v) is 7.87. The Morgan fingerprint density at radius 1 is 1.31 bits per heavy atom. The largest absolute Gasteiger partial charge is 0.467 e. The van der Waals surface area contributed by atoms with Crippen molar-refractivity contribution in [3.8, 4) is 0 Å². The first kappa shape index (κ1) is 17.4. The molecule has 0 fully saturated rings. The molecule has 1 aliphatic rings. The zero-order valence-electron chi connectivity index (χ0n) is 14.5. The summed E-state index contributed by atoms with van der Waals surface area (Å²) in [5.74, 6) is -1.09. The van der Waals surface area contributed by atoms with Crippen LogP contribution in [0.4, 0.5) is 4.79 Å². The molecule has 1 N–H and O–H groups in total. The second kappa shape index (κ2) is 6.47. The second-order valence-electron chi connectivity index (χ2n) is 5.85. The molecule has 1 atom stereocenters. The van der Waals surface area contributed by atoms with Crippen molar-refractivity contribution < 1.29 is 24.2 Å². The number of para-hydroxylation sites is 1. The Labute approximate surface area is 149 Å². The number of fused-ring (bicyclic) bond motifs is 1. The molecule has 0 radical (unpaired) electrons. The number of hydrogen-bond donors (Lipinski definition) is 1. The molecule has 26 heavy (non-hydrogen) atoms. The lowest BCUT2D eigenvalue weighted by atomic mass is 10.1. The highest BCUT2D eigenvalue weighted by atomic mass is 16.5. The molecule has 0 aliphatic carbocycles. The summed E-state index contributed by atoms with van der Waals surface area (Å²) in [6.45, 7) is 3.29. The molecule has 2 aromatic rings. The second-order valence-corrected chi connectivity index (χ2v) is 5.85. The number of amides is 2. The van der Waals surface area contributed by atoms with Crippen LogP contribution in [0.3, 0.4) is 0 Å². The zero-order chi connectivity index (χ0) is 19.0. The number of hydrazone groups is 1. The number of methoxy groups -OCH3 is 1. The van der Waals surface area contributed by atoms with Crippen molar-refractivity contribution in [3.05, 3.63) is 41.6 Å². The van der Waals surface area contributed by atoms with Crippen LogP contribution >= 0.6 is 0 Å². The SMILES string of the molecule is COC(=O)C(C)n1cc(C=C2C(=O)N(C(=O)O)N=C2C)c2ccccc21. The maximum atomic E-state index is 12.3. The van der Waals surface area contributed by atoms with Crippen molar-refractivity contribution in [3.63, 3.8) is 0 Å². The predicted octanol–water partition coefficient (Wildman–Crippen LogP) is 2.65. The van der Waals surface area contributed by atoms with Crippen molar-refractivity contribution in [1.29, 1.82) is 0 Å². The highest BCUT2D eigenvalue weighted by molar-refractivity contribution is 6.29. The lowest BCUT2D eigenvalue weighted by Crippen LogP contribution is -2.27. The fraction of sp³-hybridized carbons (Fsp3) is 0.222. The molecule has 3 rings (SSSR count). The van der Waals surface area contributed by atoms with Crippen molar-refractivity contribution in [1.82, 2.24) is 9.58 Å². The van der Waals surface area contributed by atoms with E-state index >= 15 is 0 Å². The maximum absolute atomic E-state index is 12.3. The molecule has 0 saturated heterocycles. The van der Waals surface area contributed by atoms with Crippen LogP contribution in [0, 0.1) is 0 Å². The van der Waals surface area contributed by atoms with Crippen molar-refractivity contribution >= 4 is 40.7 Å². The molecule has 0 saturated carbocycles. The van der Waals surface area contributed by atoms with E-state index in [2.05, 4.69) is 5.10 Å². The topological polar surface area (TPSA) is 101 Å². The summed E-state index contributed by atoms with van der Waals surface area (Å²) in [5, 5.41) is 14.0. The van der Waals surface area contributed by atoms with E-state index in [0.717, 1.165) is 10.9 Å². The van der Waals surface area contributed by atoms with Crippen LogP contribution in [0.5, 0.6) is 0 Å². The molecule has 1 unspecified atom stereocenters. The lowest BCUT2D eigenvalue weighted by molar-refractivity contribution is -0.143. The van der Waals surface area contributed by atoms with Crippen molar-refractivity contribution in [2.75, 3.05) is 7.11 Å². The molecule has 0 spiro atoms. The van der Waals surface area contributed by atoms with Gasteiger partial charge in [-0.15, -0.1) is 5.01 Å². The monoisotopic (exact) mass is 355 g/mol. The van der Waals surface area contributed by atoms with Crippen molar-refractivity contribution in [2.24, 2.45) is 5.10 Å². The number of carboxylic acid groups (broad SMARTS) is 1. The molecule has 134 valence electrons. The number of carbonyl (C=O) groups is 3. The van der Waals surface area contributed by atoms with Crippen LogP contribution in [-0.4, -0.2) is 45.5 Å². The van der Waals surface area contributed by atoms with E-state index < -0.39 is 24.0 Å². The molecule has 1 aliphatic heterocycles. The Kier molecular flexibility index (Phi) is 4.33. The summed E-state index contributed by atoms with van der Waals surface area (Å²) >= 11 is 0. The number of imide groups is 1. The first-order valence-electron chi connectivity index (χ1n) is 7.87. The average Bonchev–Trinajstić information content (AvgIpc) is 3.13. The Hall–Kier alpha value is -3.42. The fourth-order valence-electron chi connectivity index (χ4n) is 2.92. The Morgan fingerprint density at radius 3 is 2.62 bits per heavy atom. The number of nitrogens with zero attached hydrogens (tertiary/aromatic N) is 3. The number of ether oxygens (including phenoxy) is 1. The number of carbonyl (C=O) groups excluding carboxylic acids is 2. The van der Waals surface area contributed by atoms with Gasteiger partial charge in [-0.05, 0) is 26.0 Å². The van der Waals surface area contributed by atoms with Gasteiger partial charge in [0, 0.05) is 22.7 Å². The van der Waals surface area contributed by atoms with Crippen LogP contribution in [-0.2, 0) is 14.3 Å². The van der Waals surface area contributed by atoms with Gasteiger partial charge in [-0.3, -0.25) is 4.79 Å². The third-order valence-electron chi connectivity index (χ3n) is 4.27. The smallest absolute Gasteiger partial charge is 0.435 e. The van der Waals surface area contributed by atoms with Gasteiger partial charge in [0.2, 0.25) is 0 Å². The summed E-state index contributed by atoms with van der Waals surface area (Å²) in [6, 6.07) is 6.86. The van der Waals surface area contributed by atoms with E-state index in [1.807, 2.05) is 24.3 Å². The summed E-state index contributed by atoms with van der Waals surface area (Å²) < 4.78 is 6.57. The molecule has 8 heteroatoms. The zero-order valence-corrected chi connectivity index (χ0v) is 14.5. The minimum atomic E-state index is -1.43. The number of esters is 1. The summed E-state index contributed by atoms with van der Waals surface area (Å²) in [6.07, 6.45) is 1.90. The first-order chi connectivity index (χ1) is 12.3. The molecular formula is C18H17N3O5. The van der Waals surface area contributed by atoms with Gasteiger partial charge >= 0.3 is 12.1 Å². The van der Waals surface area contributed by atoms with E-state index in [0.29, 0.717) is 16.3 Å². The van der Waals surface area contributed by atoms with E-state index in [-0.39, 0.29) is 5.57 Å². The Bertz CT molecular complexity index is 986. The van der Waals surface area contributed by atoms with E-state index in [4.69, 9.17) is 9.84 Å². The highest BCUT2D eigenvalue weighted by Gasteiger charge is 2.32. The Balaban J connectivity index is 2.13. The number of benzene rings is 1. The van der Waals surface area contributed by atoms with Gasteiger partial charge < -0.3 is 14.4 Å². The van der Waals surface area contributed by atoms with Crippen LogP contribution in [0.1, 0.15) is 25.5 Å². The van der Waals surface area contributed by atoms with Gasteiger partial charge in [0.25, 0.3) is 5.91 Å². The number of aromatic nitrogens is 1. The summed E-state index contributed by atoms with van der Waals surface area (Å²) in [5.41, 5.74) is 1.99. The standard InChI is InChI=1S/C18H17N3O5/c1-10-14(16(22)21(19-10)18(24)25)8-12-9-20(11(2)17(23)26-3)15-7-5-4-6-13(12)15/h4-9,11H,1-3H3,(H,24,25). The van der Waals surface area contributed by atoms with Gasteiger partial charge in [0.15, 0.2) is 0 Å². The van der Waals surface area contributed by atoms with Gasteiger partial charge in [0.1, 0.15) is 6.04 Å². The van der Waals surface area contributed by atoms with Crippen LogP contribution < -0.4 is 0 Å². The number of hydrogen-bond acceptors (Lipinski definition) is 5. The molecule has 1 aromatic carbocycles. The van der Waals surface area contributed by atoms with Crippen molar-refractivity contribution in [2.45, 2.75) is 19.9 Å². The molecule has 2 heterocycles. The summed E-state index contributed by atoms with van der Waals surface area (Å²) in [4.78, 5) is 35.3. The molecule has 0 bridgehead atoms. The molecule has 8 nitrogen and oxygen atoms in total. The molecular weight excluding hydrogens is 338 g/mol. The predicted molar refractivity (Wildman–Crippen MR) is 94.6 cm³/mol. The van der Waals surface area contributed by atoms with E-state index in [1.54, 1.807) is 30.7 Å². The highest BCUT2D eigenvalue weighted by Crippen LogP contribution is 2.28. The third kappa shape index (κ3) is 2.75. The van der Waals surface area contributed by atoms with Gasteiger partial charge in [-0.25, -0.2) is 9.59 Å². The van der Waals surface area contributed by atoms with Gasteiger partial charge in [0.05, 0.1) is 18.4 Å². The Morgan fingerprint density at radius 2 is 2.00 bits per heavy atom. The van der Waals surface area contributed by atoms with Crippen LogP contribution in [0.25, 0.3) is 17.0 Å². The van der Waals surface area contributed by atoms with Crippen LogP contribution in [0.15, 0.2) is 41.1 Å². The lowest BCUT2D eigenvalue weighted by Gasteiger charge is -2.12. The number of rotatable bonds is 3. The minimum absolute atomic E-state index is 0.195. The third-order valence-corrected chi connectivity index (χ3v) is 4.27. The normalized spacial score (nSPS) is 16.9. The van der Waals surface area contributed by atoms with Crippen LogP contribution in [0.2, 0.25) is 0 Å². The molecule has 1 aromatic heterocycles. The van der Waals surface area contributed by atoms with Gasteiger partial charge in [-0.1, -0.05) is 18.2 Å². The van der Waals surface area contributed by atoms with Gasteiger partial charge in [-0.2, -0.15) is 5.10 Å².